The van der Waals surface area contributed by atoms with E-state index in [0.717, 1.165) is 34.7 Å². The standard InChI is InChI=1S/C14H20ClNO2/c1-9-5-13(6-10(2)14(9)15)17-8-12-4-3-11(7-16)18-12/h5-6,11-12H,3-4,7-8,16H2,1-2H3. The first-order chi connectivity index (χ1) is 8.60. The number of halogens is 1. The first-order valence-corrected chi connectivity index (χ1v) is 6.73. The molecular formula is C14H20ClNO2. The minimum absolute atomic E-state index is 0.162. The Kier molecular flexibility index (Phi) is 4.49. The highest BCUT2D eigenvalue weighted by Gasteiger charge is 2.24. The smallest absolute Gasteiger partial charge is 0.120 e. The molecular weight excluding hydrogens is 250 g/mol. The molecule has 18 heavy (non-hydrogen) atoms. The molecule has 4 heteroatoms. The van der Waals surface area contributed by atoms with Crippen LogP contribution in [0.1, 0.15) is 24.0 Å². The quantitative estimate of drug-likeness (QED) is 0.914. The van der Waals surface area contributed by atoms with Gasteiger partial charge in [-0.1, -0.05) is 11.6 Å². The van der Waals surface area contributed by atoms with Gasteiger partial charge in [-0.2, -0.15) is 0 Å². The van der Waals surface area contributed by atoms with E-state index >= 15 is 0 Å². The van der Waals surface area contributed by atoms with Crippen molar-refractivity contribution in [2.24, 2.45) is 5.73 Å². The summed E-state index contributed by atoms with van der Waals surface area (Å²) in [5.41, 5.74) is 7.66. The number of hydrogen-bond acceptors (Lipinski definition) is 3. The Hall–Kier alpha value is -0.770. The van der Waals surface area contributed by atoms with Crippen molar-refractivity contribution in [1.29, 1.82) is 0 Å². The maximum absolute atomic E-state index is 6.12. The van der Waals surface area contributed by atoms with Crippen LogP contribution >= 0.6 is 11.6 Å². The van der Waals surface area contributed by atoms with E-state index in [1.165, 1.54) is 0 Å². The van der Waals surface area contributed by atoms with E-state index in [1.54, 1.807) is 0 Å². The van der Waals surface area contributed by atoms with Gasteiger partial charge in [0.1, 0.15) is 12.4 Å². The Bertz CT molecular complexity index is 399. The van der Waals surface area contributed by atoms with Gasteiger partial charge in [0.15, 0.2) is 0 Å². The summed E-state index contributed by atoms with van der Waals surface area (Å²) in [5, 5.41) is 0.808. The van der Waals surface area contributed by atoms with Crippen LogP contribution in [0.3, 0.4) is 0 Å². The summed E-state index contributed by atoms with van der Waals surface area (Å²) in [7, 11) is 0. The highest BCUT2D eigenvalue weighted by atomic mass is 35.5. The lowest BCUT2D eigenvalue weighted by Crippen LogP contribution is -2.23. The van der Waals surface area contributed by atoms with Gasteiger partial charge in [0, 0.05) is 11.6 Å². The summed E-state index contributed by atoms with van der Waals surface area (Å²) in [6.45, 7) is 5.14. The van der Waals surface area contributed by atoms with Crippen molar-refractivity contribution in [3.05, 3.63) is 28.3 Å². The van der Waals surface area contributed by atoms with E-state index in [-0.39, 0.29) is 12.2 Å². The number of nitrogens with two attached hydrogens (primary N) is 1. The number of benzene rings is 1. The third-order valence-electron chi connectivity index (χ3n) is 3.30. The molecule has 2 N–H and O–H groups in total. The van der Waals surface area contributed by atoms with Crippen molar-refractivity contribution in [2.75, 3.05) is 13.2 Å². The maximum atomic E-state index is 6.12. The molecule has 0 bridgehead atoms. The zero-order valence-corrected chi connectivity index (χ0v) is 11.7. The fourth-order valence-electron chi connectivity index (χ4n) is 2.25. The Morgan fingerprint density at radius 1 is 1.28 bits per heavy atom. The van der Waals surface area contributed by atoms with Crippen LogP contribution in [-0.2, 0) is 4.74 Å². The van der Waals surface area contributed by atoms with Crippen molar-refractivity contribution in [3.63, 3.8) is 0 Å². The molecule has 1 fully saturated rings. The molecule has 0 amide bonds. The number of hydrogen-bond donors (Lipinski definition) is 1. The molecule has 0 aromatic heterocycles. The highest BCUT2D eigenvalue weighted by molar-refractivity contribution is 6.32. The lowest BCUT2D eigenvalue weighted by atomic mass is 10.1. The average Bonchev–Trinajstić information content (AvgIpc) is 2.81. The predicted octanol–water partition coefficient (Wildman–Crippen LogP) is 2.84. The number of ether oxygens (including phenoxy) is 2. The average molecular weight is 270 g/mol. The second-order valence-corrected chi connectivity index (χ2v) is 5.25. The molecule has 1 saturated heterocycles. The summed E-state index contributed by atoms with van der Waals surface area (Å²) in [4.78, 5) is 0. The number of aryl methyl sites for hydroxylation is 2. The summed E-state index contributed by atoms with van der Waals surface area (Å²) < 4.78 is 11.5. The van der Waals surface area contributed by atoms with Crippen LogP contribution in [0.5, 0.6) is 5.75 Å². The van der Waals surface area contributed by atoms with Gasteiger partial charge in [0.05, 0.1) is 12.2 Å². The van der Waals surface area contributed by atoms with Crippen molar-refractivity contribution in [1.82, 2.24) is 0 Å². The topological polar surface area (TPSA) is 44.5 Å². The van der Waals surface area contributed by atoms with Gasteiger partial charge in [-0.3, -0.25) is 0 Å². The molecule has 1 heterocycles. The van der Waals surface area contributed by atoms with Crippen LogP contribution in [0.25, 0.3) is 0 Å². The fourth-order valence-corrected chi connectivity index (χ4v) is 2.36. The van der Waals surface area contributed by atoms with Crippen molar-refractivity contribution >= 4 is 11.6 Å². The minimum atomic E-state index is 0.162. The lowest BCUT2D eigenvalue weighted by molar-refractivity contribution is 0.0222. The molecule has 0 spiro atoms. The Balaban J connectivity index is 1.91. The summed E-state index contributed by atoms with van der Waals surface area (Å²) in [6, 6.07) is 3.93. The summed E-state index contributed by atoms with van der Waals surface area (Å²) >= 11 is 6.12. The van der Waals surface area contributed by atoms with Gasteiger partial charge in [0.2, 0.25) is 0 Å². The third kappa shape index (κ3) is 3.16. The Labute approximate surface area is 113 Å². The van der Waals surface area contributed by atoms with Crippen LogP contribution in [0.4, 0.5) is 0 Å². The molecule has 2 atom stereocenters. The molecule has 100 valence electrons. The van der Waals surface area contributed by atoms with Crippen LogP contribution in [-0.4, -0.2) is 25.4 Å². The lowest BCUT2D eigenvalue weighted by Gasteiger charge is -2.15. The van der Waals surface area contributed by atoms with Crippen molar-refractivity contribution in [3.8, 4) is 5.75 Å². The van der Waals surface area contributed by atoms with Crippen molar-refractivity contribution in [2.45, 2.75) is 38.9 Å². The second kappa shape index (κ2) is 5.91. The summed E-state index contributed by atoms with van der Waals surface area (Å²) in [6.07, 6.45) is 2.42. The molecule has 1 aliphatic rings. The second-order valence-electron chi connectivity index (χ2n) is 4.88. The largest absolute Gasteiger partial charge is 0.491 e. The minimum Gasteiger partial charge on any atom is -0.491 e. The molecule has 1 aromatic carbocycles. The van der Waals surface area contributed by atoms with E-state index in [2.05, 4.69) is 0 Å². The third-order valence-corrected chi connectivity index (χ3v) is 3.90. The van der Waals surface area contributed by atoms with Crippen molar-refractivity contribution < 1.29 is 9.47 Å². The summed E-state index contributed by atoms with van der Waals surface area (Å²) in [5.74, 6) is 0.856. The molecule has 1 aromatic rings. The Morgan fingerprint density at radius 3 is 2.44 bits per heavy atom. The van der Waals surface area contributed by atoms with Gasteiger partial charge in [0.25, 0.3) is 0 Å². The van der Waals surface area contributed by atoms with E-state index in [9.17, 15) is 0 Å². The van der Waals surface area contributed by atoms with Gasteiger partial charge in [-0.15, -0.1) is 0 Å². The van der Waals surface area contributed by atoms with E-state index in [4.69, 9.17) is 26.8 Å². The van der Waals surface area contributed by atoms with Gasteiger partial charge in [-0.05, 0) is 49.9 Å². The van der Waals surface area contributed by atoms with E-state index < -0.39 is 0 Å². The van der Waals surface area contributed by atoms with Crippen LogP contribution in [0, 0.1) is 13.8 Å². The fraction of sp³-hybridized carbons (Fsp3) is 0.571. The molecule has 0 radical (unpaired) electrons. The van der Waals surface area contributed by atoms with Crippen LogP contribution in [0.15, 0.2) is 12.1 Å². The molecule has 2 rings (SSSR count). The first-order valence-electron chi connectivity index (χ1n) is 6.35. The first kappa shape index (κ1) is 13.7. The number of rotatable bonds is 4. The molecule has 0 aliphatic carbocycles. The van der Waals surface area contributed by atoms with Gasteiger partial charge < -0.3 is 15.2 Å². The van der Waals surface area contributed by atoms with Crippen LogP contribution in [0.2, 0.25) is 5.02 Å². The molecule has 2 unspecified atom stereocenters. The normalized spacial score (nSPS) is 23.3. The SMILES string of the molecule is Cc1cc(OCC2CCC(CN)O2)cc(C)c1Cl. The predicted molar refractivity (Wildman–Crippen MR) is 73.4 cm³/mol. The molecule has 3 nitrogen and oxygen atoms in total. The van der Waals surface area contributed by atoms with E-state index in [0.29, 0.717) is 13.2 Å². The van der Waals surface area contributed by atoms with Crippen LogP contribution < -0.4 is 10.5 Å². The van der Waals surface area contributed by atoms with Gasteiger partial charge in [-0.25, -0.2) is 0 Å². The monoisotopic (exact) mass is 269 g/mol. The zero-order chi connectivity index (χ0) is 13.1. The van der Waals surface area contributed by atoms with Gasteiger partial charge >= 0.3 is 0 Å². The molecule has 1 aliphatic heterocycles. The molecule has 0 saturated carbocycles. The maximum Gasteiger partial charge on any atom is 0.120 e. The Morgan fingerprint density at radius 2 is 1.89 bits per heavy atom. The zero-order valence-electron chi connectivity index (χ0n) is 10.9. The van der Waals surface area contributed by atoms with E-state index in [1.807, 2.05) is 26.0 Å². The highest BCUT2D eigenvalue weighted by Crippen LogP contribution is 2.27.